The largest absolute Gasteiger partial charge is 0.478 e. The predicted molar refractivity (Wildman–Crippen MR) is 75.9 cm³/mol. The van der Waals surface area contributed by atoms with Crippen molar-refractivity contribution in [1.82, 2.24) is 9.78 Å². The Hall–Kier alpha value is -2.95. The zero-order valence-corrected chi connectivity index (χ0v) is 10.9. The topological polar surface area (TPSA) is 55.1 Å². The van der Waals surface area contributed by atoms with Gasteiger partial charge >= 0.3 is 5.97 Å². The lowest BCUT2D eigenvalue weighted by atomic mass is 10.1. The van der Waals surface area contributed by atoms with Gasteiger partial charge in [-0.3, -0.25) is 0 Å². The number of halogens is 1. The third kappa shape index (κ3) is 2.41. The van der Waals surface area contributed by atoms with Crippen molar-refractivity contribution in [2.24, 2.45) is 0 Å². The van der Waals surface area contributed by atoms with Gasteiger partial charge < -0.3 is 5.11 Å². The van der Waals surface area contributed by atoms with Crippen LogP contribution in [-0.2, 0) is 0 Å². The van der Waals surface area contributed by atoms with Crippen LogP contribution in [0.3, 0.4) is 0 Å². The van der Waals surface area contributed by atoms with E-state index in [4.69, 9.17) is 5.11 Å². The van der Waals surface area contributed by atoms with E-state index in [0.29, 0.717) is 11.3 Å². The molecule has 3 rings (SSSR count). The zero-order chi connectivity index (χ0) is 14.8. The van der Waals surface area contributed by atoms with Crippen molar-refractivity contribution in [1.29, 1.82) is 0 Å². The third-order valence-corrected chi connectivity index (χ3v) is 3.14. The minimum absolute atomic E-state index is 0.353. The van der Waals surface area contributed by atoms with Gasteiger partial charge in [-0.25, -0.2) is 13.9 Å². The molecule has 0 saturated carbocycles. The summed E-state index contributed by atoms with van der Waals surface area (Å²) in [4.78, 5) is 11.0. The average molecular weight is 282 g/mol. The molecule has 4 nitrogen and oxygen atoms in total. The predicted octanol–water partition coefficient (Wildman–Crippen LogP) is 3.38. The number of carboxylic acids is 1. The molecule has 1 aromatic heterocycles. The smallest absolute Gasteiger partial charge is 0.338 e. The number of rotatable bonds is 3. The minimum Gasteiger partial charge on any atom is -0.478 e. The van der Waals surface area contributed by atoms with Gasteiger partial charge in [-0.1, -0.05) is 18.2 Å². The second-order valence-corrected chi connectivity index (χ2v) is 4.46. The van der Waals surface area contributed by atoms with E-state index in [1.54, 1.807) is 16.9 Å². The van der Waals surface area contributed by atoms with E-state index in [0.717, 1.165) is 11.8 Å². The molecule has 0 aliphatic rings. The van der Waals surface area contributed by atoms with Crippen LogP contribution in [0.4, 0.5) is 4.39 Å². The molecule has 0 atom stereocenters. The van der Waals surface area contributed by atoms with E-state index in [2.05, 4.69) is 5.10 Å². The standard InChI is InChI=1S/C16H11FN2O2/c17-14-7-6-11(10-13(14)16(20)21)15-8-9-18-19(15)12-4-2-1-3-5-12/h1-10H,(H,20,21). The number of nitrogens with zero attached hydrogens (tertiary/aromatic N) is 2. The first kappa shape index (κ1) is 13.1. The number of hydrogen-bond donors (Lipinski definition) is 1. The van der Waals surface area contributed by atoms with Crippen molar-refractivity contribution in [2.45, 2.75) is 0 Å². The van der Waals surface area contributed by atoms with Gasteiger partial charge in [-0.15, -0.1) is 0 Å². The Morgan fingerprint density at radius 2 is 1.86 bits per heavy atom. The maximum Gasteiger partial charge on any atom is 0.338 e. The van der Waals surface area contributed by atoms with Gasteiger partial charge in [0.05, 0.1) is 23.1 Å². The number of carboxylic acid groups (broad SMARTS) is 1. The highest BCUT2D eigenvalue weighted by atomic mass is 19.1. The van der Waals surface area contributed by atoms with E-state index in [-0.39, 0.29) is 5.56 Å². The van der Waals surface area contributed by atoms with Crippen LogP contribution < -0.4 is 0 Å². The Morgan fingerprint density at radius 1 is 1.10 bits per heavy atom. The van der Waals surface area contributed by atoms with Gasteiger partial charge in [0.25, 0.3) is 0 Å². The maximum absolute atomic E-state index is 13.5. The fraction of sp³-hybridized carbons (Fsp3) is 0. The molecular weight excluding hydrogens is 271 g/mol. The third-order valence-electron chi connectivity index (χ3n) is 3.14. The highest BCUT2D eigenvalue weighted by Gasteiger charge is 2.14. The average Bonchev–Trinajstić information content (AvgIpc) is 2.98. The SMILES string of the molecule is O=C(O)c1cc(-c2ccnn2-c2ccccc2)ccc1F. The molecule has 2 aromatic carbocycles. The van der Waals surface area contributed by atoms with Gasteiger partial charge in [0.2, 0.25) is 0 Å². The van der Waals surface area contributed by atoms with E-state index >= 15 is 0 Å². The molecule has 0 bridgehead atoms. The molecule has 0 aliphatic carbocycles. The van der Waals surface area contributed by atoms with Crippen molar-refractivity contribution in [3.05, 3.63) is 72.2 Å². The second kappa shape index (κ2) is 5.20. The molecule has 0 aliphatic heterocycles. The van der Waals surface area contributed by atoms with Crippen LogP contribution >= 0.6 is 0 Å². The van der Waals surface area contributed by atoms with E-state index in [1.807, 2.05) is 30.3 Å². The second-order valence-electron chi connectivity index (χ2n) is 4.46. The van der Waals surface area contributed by atoms with Crippen LogP contribution in [0.1, 0.15) is 10.4 Å². The highest BCUT2D eigenvalue weighted by molar-refractivity contribution is 5.89. The van der Waals surface area contributed by atoms with Crippen molar-refractivity contribution in [3.63, 3.8) is 0 Å². The van der Waals surface area contributed by atoms with E-state index < -0.39 is 11.8 Å². The summed E-state index contributed by atoms with van der Waals surface area (Å²) in [7, 11) is 0. The maximum atomic E-state index is 13.5. The van der Waals surface area contributed by atoms with Gasteiger partial charge in [0, 0.05) is 5.56 Å². The Bertz CT molecular complexity index is 797. The molecule has 1 heterocycles. The van der Waals surface area contributed by atoms with E-state index in [1.165, 1.54) is 12.1 Å². The first-order valence-corrected chi connectivity index (χ1v) is 6.29. The molecule has 0 saturated heterocycles. The van der Waals surface area contributed by atoms with Crippen molar-refractivity contribution >= 4 is 5.97 Å². The Kier molecular flexibility index (Phi) is 3.23. The molecular formula is C16H11FN2O2. The monoisotopic (exact) mass is 282 g/mol. The zero-order valence-electron chi connectivity index (χ0n) is 10.9. The van der Waals surface area contributed by atoms with Crippen LogP contribution in [0.2, 0.25) is 0 Å². The lowest BCUT2D eigenvalue weighted by Crippen LogP contribution is -2.02. The summed E-state index contributed by atoms with van der Waals surface area (Å²) in [5.74, 6) is -2.04. The fourth-order valence-corrected chi connectivity index (χ4v) is 2.15. The summed E-state index contributed by atoms with van der Waals surface area (Å²) < 4.78 is 15.2. The summed E-state index contributed by atoms with van der Waals surface area (Å²) in [5.41, 5.74) is 1.78. The number of aromatic nitrogens is 2. The molecule has 3 aromatic rings. The van der Waals surface area contributed by atoms with Crippen molar-refractivity contribution in [3.8, 4) is 16.9 Å². The number of aromatic carboxylic acids is 1. The molecule has 104 valence electrons. The molecule has 21 heavy (non-hydrogen) atoms. The fourth-order valence-electron chi connectivity index (χ4n) is 2.15. The molecule has 0 fully saturated rings. The summed E-state index contributed by atoms with van der Waals surface area (Å²) in [5, 5.41) is 13.2. The number of hydrogen-bond acceptors (Lipinski definition) is 2. The molecule has 0 unspecified atom stereocenters. The number of benzene rings is 2. The summed E-state index contributed by atoms with van der Waals surface area (Å²) in [6, 6.07) is 15.2. The summed E-state index contributed by atoms with van der Waals surface area (Å²) in [6.45, 7) is 0. The van der Waals surface area contributed by atoms with Gasteiger partial charge in [-0.2, -0.15) is 5.10 Å². The van der Waals surface area contributed by atoms with Crippen molar-refractivity contribution < 1.29 is 14.3 Å². The highest BCUT2D eigenvalue weighted by Crippen LogP contribution is 2.24. The molecule has 5 heteroatoms. The number of para-hydroxylation sites is 1. The normalized spacial score (nSPS) is 10.5. The summed E-state index contributed by atoms with van der Waals surface area (Å²) in [6.07, 6.45) is 1.62. The quantitative estimate of drug-likeness (QED) is 0.801. The molecule has 1 N–H and O–H groups in total. The minimum atomic E-state index is -1.29. The van der Waals surface area contributed by atoms with Crippen LogP contribution in [0, 0.1) is 5.82 Å². The molecule has 0 radical (unpaired) electrons. The van der Waals surface area contributed by atoms with Crippen LogP contribution in [0.5, 0.6) is 0 Å². The first-order valence-electron chi connectivity index (χ1n) is 6.29. The summed E-state index contributed by atoms with van der Waals surface area (Å²) >= 11 is 0. The van der Waals surface area contributed by atoms with Crippen LogP contribution in [0.25, 0.3) is 16.9 Å². The van der Waals surface area contributed by atoms with Gasteiger partial charge in [0.1, 0.15) is 5.82 Å². The van der Waals surface area contributed by atoms with Gasteiger partial charge in [0.15, 0.2) is 0 Å². The Balaban J connectivity index is 2.13. The number of carbonyl (C=O) groups is 1. The lowest BCUT2D eigenvalue weighted by Gasteiger charge is -2.08. The molecule has 0 spiro atoms. The molecule has 0 amide bonds. The van der Waals surface area contributed by atoms with E-state index in [9.17, 15) is 9.18 Å². The lowest BCUT2D eigenvalue weighted by molar-refractivity contribution is 0.0692. The Labute approximate surface area is 120 Å². The first-order chi connectivity index (χ1) is 10.2. The van der Waals surface area contributed by atoms with Crippen molar-refractivity contribution in [2.75, 3.05) is 0 Å². The van der Waals surface area contributed by atoms with Crippen LogP contribution in [-0.4, -0.2) is 20.9 Å². The van der Waals surface area contributed by atoms with Crippen LogP contribution in [0.15, 0.2) is 60.8 Å². The van der Waals surface area contributed by atoms with Gasteiger partial charge in [-0.05, 0) is 36.4 Å². The Morgan fingerprint density at radius 3 is 2.57 bits per heavy atom.